The summed E-state index contributed by atoms with van der Waals surface area (Å²) in [6, 6.07) is 7.46. The number of aromatic nitrogens is 1. The van der Waals surface area contributed by atoms with E-state index in [0.29, 0.717) is 16.3 Å². The Bertz CT molecular complexity index is 1180. The second-order valence-electron chi connectivity index (χ2n) is 7.98. The van der Waals surface area contributed by atoms with Gasteiger partial charge in [0.15, 0.2) is 11.5 Å². The fraction of sp³-hybridized carbons (Fsp3) is 0.348. The molecule has 0 bridgehead atoms. The minimum atomic E-state index is -0.392. The lowest BCUT2D eigenvalue weighted by molar-refractivity contribution is 0.0963. The minimum absolute atomic E-state index is 0.160. The van der Waals surface area contributed by atoms with Crippen LogP contribution in [0.1, 0.15) is 56.6 Å². The number of nitrogens with one attached hydrogen (secondary N) is 2. The van der Waals surface area contributed by atoms with Gasteiger partial charge in [-0.2, -0.15) is 0 Å². The molecule has 1 aliphatic carbocycles. The van der Waals surface area contributed by atoms with E-state index in [1.54, 1.807) is 13.1 Å². The minimum Gasteiger partial charge on any atom is -0.490 e. The monoisotopic (exact) mass is 437 g/mol. The van der Waals surface area contributed by atoms with Crippen molar-refractivity contribution >= 4 is 28.2 Å². The van der Waals surface area contributed by atoms with Crippen LogP contribution in [-0.2, 0) is 19.3 Å². The number of aryl methyl sites for hydroxylation is 1. The summed E-state index contributed by atoms with van der Waals surface area (Å²) in [6.45, 7) is 2.03. The van der Waals surface area contributed by atoms with Crippen molar-refractivity contribution in [3.63, 3.8) is 0 Å². The summed E-state index contributed by atoms with van der Waals surface area (Å²) >= 11 is 1.48. The summed E-state index contributed by atoms with van der Waals surface area (Å²) in [4.78, 5) is 26.6. The van der Waals surface area contributed by atoms with Crippen LogP contribution in [0.15, 0.2) is 28.8 Å². The van der Waals surface area contributed by atoms with Crippen LogP contribution in [-0.4, -0.2) is 30.1 Å². The molecule has 2 amide bonds. The first-order chi connectivity index (χ1) is 15.0. The van der Waals surface area contributed by atoms with E-state index >= 15 is 0 Å². The number of anilines is 1. The van der Waals surface area contributed by atoms with E-state index in [1.165, 1.54) is 16.2 Å². The second kappa shape index (κ2) is 7.85. The number of hydrogen-bond acceptors (Lipinski definition) is 6. The maximum absolute atomic E-state index is 12.9. The number of amides is 2. The first-order valence-corrected chi connectivity index (χ1v) is 11.3. The average Bonchev–Trinajstić information content (AvgIpc) is 3.48. The molecule has 0 saturated carbocycles. The molecule has 3 aromatic rings. The summed E-state index contributed by atoms with van der Waals surface area (Å²) in [5.74, 6) is 0.837. The molecule has 2 N–H and O–H groups in total. The van der Waals surface area contributed by atoms with E-state index in [4.69, 9.17) is 9.26 Å². The van der Waals surface area contributed by atoms with Gasteiger partial charge in [-0.05, 0) is 61.9 Å². The Balaban J connectivity index is 1.39. The number of benzene rings is 1. The second-order valence-corrected chi connectivity index (χ2v) is 9.08. The van der Waals surface area contributed by atoms with Crippen LogP contribution in [0, 0.1) is 0 Å². The third-order valence-electron chi connectivity index (χ3n) is 5.78. The molecule has 2 aromatic heterocycles. The summed E-state index contributed by atoms with van der Waals surface area (Å²) in [6.07, 6.45) is 4.96. The third kappa shape index (κ3) is 3.61. The molecular formula is C23H23N3O4S. The molecule has 7 nitrogen and oxygen atoms in total. The maximum Gasteiger partial charge on any atom is 0.278 e. The number of nitrogens with zero attached hydrogens (tertiary/aromatic N) is 1. The van der Waals surface area contributed by atoms with E-state index in [-0.39, 0.29) is 17.7 Å². The molecule has 0 unspecified atom stereocenters. The topological polar surface area (TPSA) is 93.5 Å². The SMILES string of the molecule is CNC(=O)c1c(NC(=O)c2cc(-c3ccc4c(c3)C[C@@H](C)O4)on2)sc2c1CCCC2. The fourth-order valence-electron chi connectivity index (χ4n) is 4.28. The Hall–Kier alpha value is -3.13. The highest BCUT2D eigenvalue weighted by Crippen LogP contribution is 2.38. The van der Waals surface area contributed by atoms with Crippen LogP contribution >= 0.6 is 11.3 Å². The number of carbonyl (C=O) groups is 2. The van der Waals surface area contributed by atoms with Crippen LogP contribution in [0.25, 0.3) is 11.3 Å². The van der Waals surface area contributed by atoms with E-state index in [0.717, 1.165) is 54.5 Å². The first-order valence-electron chi connectivity index (χ1n) is 10.5. The molecule has 1 aromatic carbocycles. The van der Waals surface area contributed by atoms with Crippen molar-refractivity contribution in [1.82, 2.24) is 10.5 Å². The molecule has 8 heteroatoms. The van der Waals surface area contributed by atoms with E-state index in [2.05, 4.69) is 15.8 Å². The van der Waals surface area contributed by atoms with E-state index in [9.17, 15) is 9.59 Å². The largest absolute Gasteiger partial charge is 0.490 e. The van der Waals surface area contributed by atoms with Crippen LogP contribution in [0.3, 0.4) is 0 Å². The van der Waals surface area contributed by atoms with Gasteiger partial charge in [0.05, 0.1) is 5.56 Å². The van der Waals surface area contributed by atoms with Crippen molar-refractivity contribution in [3.05, 3.63) is 51.5 Å². The molecule has 2 aliphatic rings. The van der Waals surface area contributed by atoms with Gasteiger partial charge in [0.2, 0.25) is 0 Å². The van der Waals surface area contributed by atoms with Crippen LogP contribution in [0.5, 0.6) is 5.75 Å². The van der Waals surface area contributed by atoms with Gasteiger partial charge in [0, 0.05) is 30.0 Å². The average molecular weight is 438 g/mol. The highest BCUT2D eigenvalue weighted by molar-refractivity contribution is 7.17. The Morgan fingerprint density at radius 3 is 2.84 bits per heavy atom. The van der Waals surface area contributed by atoms with E-state index < -0.39 is 5.91 Å². The summed E-state index contributed by atoms with van der Waals surface area (Å²) in [5.41, 5.74) is 3.77. The number of rotatable bonds is 4. The van der Waals surface area contributed by atoms with Gasteiger partial charge in [-0.15, -0.1) is 11.3 Å². The van der Waals surface area contributed by atoms with Gasteiger partial charge in [-0.1, -0.05) is 5.16 Å². The summed E-state index contributed by atoms with van der Waals surface area (Å²) in [7, 11) is 1.60. The third-order valence-corrected chi connectivity index (χ3v) is 6.98. The summed E-state index contributed by atoms with van der Waals surface area (Å²) < 4.78 is 11.2. The molecule has 5 rings (SSSR count). The van der Waals surface area contributed by atoms with Gasteiger partial charge in [0.25, 0.3) is 11.8 Å². The molecule has 0 fully saturated rings. The molecule has 1 atom stereocenters. The van der Waals surface area contributed by atoms with Crippen molar-refractivity contribution in [1.29, 1.82) is 0 Å². The molecule has 160 valence electrons. The van der Waals surface area contributed by atoms with Crippen molar-refractivity contribution < 1.29 is 18.8 Å². The molecule has 0 radical (unpaired) electrons. The Labute approximate surface area is 183 Å². The summed E-state index contributed by atoms with van der Waals surface area (Å²) in [5, 5.41) is 10.1. The lowest BCUT2D eigenvalue weighted by Crippen LogP contribution is -2.22. The molecule has 1 aliphatic heterocycles. The van der Waals surface area contributed by atoms with Gasteiger partial charge in [-0.3, -0.25) is 9.59 Å². The van der Waals surface area contributed by atoms with Crippen molar-refractivity contribution in [2.75, 3.05) is 12.4 Å². The number of thiophene rings is 1. The predicted octanol–water partition coefficient (Wildman–Crippen LogP) is 4.22. The maximum atomic E-state index is 12.9. The Kier molecular flexibility index (Phi) is 5.02. The van der Waals surface area contributed by atoms with Gasteiger partial charge in [0.1, 0.15) is 16.9 Å². The lowest BCUT2D eigenvalue weighted by atomic mass is 9.95. The molecule has 3 heterocycles. The number of carbonyl (C=O) groups excluding carboxylic acids is 2. The zero-order valence-electron chi connectivity index (χ0n) is 17.4. The Morgan fingerprint density at radius 1 is 1.16 bits per heavy atom. The number of ether oxygens (including phenoxy) is 1. The fourth-order valence-corrected chi connectivity index (χ4v) is 5.56. The first kappa shape index (κ1) is 19.8. The Morgan fingerprint density at radius 2 is 2.00 bits per heavy atom. The van der Waals surface area contributed by atoms with Crippen molar-refractivity contribution in [2.24, 2.45) is 0 Å². The van der Waals surface area contributed by atoms with Crippen molar-refractivity contribution in [3.8, 4) is 17.1 Å². The van der Waals surface area contributed by atoms with Gasteiger partial charge in [-0.25, -0.2) is 0 Å². The van der Waals surface area contributed by atoms with Crippen LogP contribution in [0.2, 0.25) is 0 Å². The van der Waals surface area contributed by atoms with Gasteiger partial charge >= 0.3 is 0 Å². The zero-order valence-corrected chi connectivity index (χ0v) is 18.2. The standard InChI is InChI=1S/C23H23N3O4S/c1-12-9-14-10-13(7-8-17(14)29-12)18-11-16(26-30-18)21(27)25-23-20(22(28)24-2)15-5-3-4-6-19(15)31-23/h7-8,10-12H,3-6,9H2,1-2H3,(H,24,28)(H,25,27)/t12-/m1/s1. The van der Waals surface area contributed by atoms with Crippen LogP contribution < -0.4 is 15.4 Å². The van der Waals surface area contributed by atoms with E-state index in [1.807, 2.05) is 25.1 Å². The molecule has 31 heavy (non-hydrogen) atoms. The quantitative estimate of drug-likeness (QED) is 0.638. The smallest absolute Gasteiger partial charge is 0.278 e. The highest BCUT2D eigenvalue weighted by Gasteiger charge is 2.27. The molecule has 0 spiro atoms. The van der Waals surface area contributed by atoms with Crippen molar-refractivity contribution in [2.45, 2.75) is 45.1 Å². The number of fused-ring (bicyclic) bond motifs is 2. The lowest BCUT2D eigenvalue weighted by Gasteiger charge is -2.12. The zero-order chi connectivity index (χ0) is 21.5. The van der Waals surface area contributed by atoms with Gasteiger partial charge < -0.3 is 19.9 Å². The normalized spacial score (nSPS) is 16.9. The molecular weight excluding hydrogens is 414 g/mol. The highest BCUT2D eigenvalue weighted by atomic mass is 32.1. The molecule has 0 saturated heterocycles. The predicted molar refractivity (Wildman–Crippen MR) is 118 cm³/mol. The number of hydrogen-bond donors (Lipinski definition) is 2. The van der Waals surface area contributed by atoms with Crippen LogP contribution in [0.4, 0.5) is 5.00 Å².